The summed E-state index contributed by atoms with van der Waals surface area (Å²) < 4.78 is 10.5. The van der Waals surface area contributed by atoms with Gasteiger partial charge in [0.1, 0.15) is 12.8 Å². The lowest BCUT2D eigenvalue weighted by Crippen LogP contribution is -2.46. The second kappa shape index (κ2) is 7.20. The molecule has 0 radical (unpaired) electrons. The molecule has 1 heterocycles. The Hall–Kier alpha value is -1.30. The molecule has 1 aliphatic heterocycles. The van der Waals surface area contributed by atoms with Gasteiger partial charge >= 0.3 is 12.1 Å². The van der Waals surface area contributed by atoms with Crippen molar-refractivity contribution in [3.8, 4) is 0 Å². The Morgan fingerprint density at radius 2 is 2.17 bits per heavy atom. The monoisotopic (exact) mass is 259 g/mol. The van der Waals surface area contributed by atoms with E-state index in [-0.39, 0.29) is 19.1 Å². The van der Waals surface area contributed by atoms with Crippen molar-refractivity contribution in [3.05, 3.63) is 0 Å². The van der Waals surface area contributed by atoms with E-state index in [2.05, 4.69) is 0 Å². The first-order valence-electron chi connectivity index (χ1n) is 6.27. The van der Waals surface area contributed by atoms with Crippen LogP contribution in [0.1, 0.15) is 33.1 Å². The summed E-state index contributed by atoms with van der Waals surface area (Å²) in [5, 5.41) is 8.84. The van der Waals surface area contributed by atoms with E-state index in [0.29, 0.717) is 13.0 Å². The number of aliphatic carboxylic acids is 1. The third-order valence-corrected chi connectivity index (χ3v) is 2.58. The predicted octanol–water partition coefficient (Wildman–Crippen LogP) is 1.69. The highest BCUT2D eigenvalue weighted by Gasteiger charge is 2.29. The topological polar surface area (TPSA) is 76.1 Å². The second-order valence-electron chi connectivity index (χ2n) is 4.81. The van der Waals surface area contributed by atoms with Gasteiger partial charge in [0.2, 0.25) is 0 Å². The molecule has 1 atom stereocenters. The van der Waals surface area contributed by atoms with Gasteiger partial charge in [-0.3, -0.25) is 9.69 Å². The summed E-state index contributed by atoms with van der Waals surface area (Å²) in [5.41, 5.74) is 0. The molecule has 1 saturated heterocycles. The molecular formula is C12H21NO5. The first-order valence-corrected chi connectivity index (χ1v) is 6.27. The van der Waals surface area contributed by atoms with Crippen LogP contribution in [-0.2, 0) is 14.3 Å². The van der Waals surface area contributed by atoms with Gasteiger partial charge in [-0.2, -0.15) is 0 Å². The van der Waals surface area contributed by atoms with Gasteiger partial charge in [-0.25, -0.2) is 4.79 Å². The average Bonchev–Trinajstić information content (AvgIpc) is 2.34. The van der Waals surface area contributed by atoms with Gasteiger partial charge < -0.3 is 14.6 Å². The highest BCUT2D eigenvalue weighted by molar-refractivity contribution is 5.76. The highest BCUT2D eigenvalue weighted by Crippen LogP contribution is 2.17. The first-order chi connectivity index (χ1) is 8.50. The number of rotatable bonds is 5. The molecule has 0 aromatic heterocycles. The summed E-state index contributed by atoms with van der Waals surface area (Å²) >= 11 is 0. The lowest BCUT2D eigenvalue weighted by molar-refractivity contribution is -0.143. The summed E-state index contributed by atoms with van der Waals surface area (Å²) in [7, 11) is 0. The molecule has 1 amide bonds. The van der Waals surface area contributed by atoms with Gasteiger partial charge in [0.05, 0.1) is 6.61 Å². The van der Waals surface area contributed by atoms with Gasteiger partial charge in [0.25, 0.3) is 0 Å². The molecular weight excluding hydrogens is 238 g/mol. The third kappa shape index (κ3) is 4.91. The summed E-state index contributed by atoms with van der Waals surface area (Å²) in [6.07, 6.45) is 1.44. The van der Waals surface area contributed by atoms with Gasteiger partial charge in [0, 0.05) is 6.61 Å². The van der Waals surface area contributed by atoms with Crippen molar-refractivity contribution in [1.29, 1.82) is 0 Å². The molecule has 0 saturated carbocycles. The molecule has 0 bridgehead atoms. The van der Waals surface area contributed by atoms with Crippen LogP contribution in [0.4, 0.5) is 4.79 Å². The van der Waals surface area contributed by atoms with Crippen LogP contribution in [0, 0.1) is 5.92 Å². The van der Waals surface area contributed by atoms with E-state index in [4.69, 9.17) is 14.6 Å². The van der Waals surface area contributed by atoms with Crippen molar-refractivity contribution < 1.29 is 24.2 Å². The van der Waals surface area contributed by atoms with Crippen molar-refractivity contribution in [2.45, 2.75) is 39.3 Å². The smallest absolute Gasteiger partial charge is 0.412 e. The maximum Gasteiger partial charge on any atom is 0.412 e. The van der Waals surface area contributed by atoms with Gasteiger partial charge in [-0.1, -0.05) is 13.8 Å². The van der Waals surface area contributed by atoms with Crippen LogP contribution < -0.4 is 0 Å². The third-order valence-electron chi connectivity index (χ3n) is 2.58. The van der Waals surface area contributed by atoms with Crippen molar-refractivity contribution >= 4 is 12.1 Å². The molecule has 104 valence electrons. The average molecular weight is 259 g/mol. The number of hydrogen-bond donors (Lipinski definition) is 1. The van der Waals surface area contributed by atoms with Crippen LogP contribution >= 0.6 is 0 Å². The molecule has 0 aromatic carbocycles. The Morgan fingerprint density at radius 3 is 2.67 bits per heavy atom. The summed E-state index contributed by atoms with van der Waals surface area (Å²) in [5.74, 6) is -0.849. The fraction of sp³-hybridized carbons (Fsp3) is 0.833. The van der Waals surface area contributed by atoms with Gasteiger partial charge in [-0.15, -0.1) is 0 Å². The Balaban J connectivity index is 2.58. The van der Waals surface area contributed by atoms with Crippen molar-refractivity contribution in [2.75, 3.05) is 19.8 Å². The Morgan fingerprint density at radius 1 is 1.44 bits per heavy atom. The highest BCUT2D eigenvalue weighted by atomic mass is 16.6. The number of carbonyl (C=O) groups excluding carboxylic acids is 1. The lowest BCUT2D eigenvalue weighted by Gasteiger charge is -2.32. The summed E-state index contributed by atoms with van der Waals surface area (Å²) in [4.78, 5) is 23.8. The molecule has 0 aromatic rings. The molecule has 18 heavy (non-hydrogen) atoms. The second-order valence-corrected chi connectivity index (χ2v) is 4.81. The van der Waals surface area contributed by atoms with E-state index < -0.39 is 18.3 Å². The van der Waals surface area contributed by atoms with E-state index in [1.165, 1.54) is 0 Å². The largest absolute Gasteiger partial charge is 0.480 e. The Bertz CT molecular complexity index is 286. The van der Waals surface area contributed by atoms with Gasteiger partial charge in [0.15, 0.2) is 0 Å². The molecule has 1 N–H and O–H groups in total. The van der Waals surface area contributed by atoms with Crippen LogP contribution in [0.3, 0.4) is 0 Å². The quantitative estimate of drug-likeness (QED) is 0.813. The van der Waals surface area contributed by atoms with E-state index in [1.807, 2.05) is 13.8 Å². The zero-order valence-electron chi connectivity index (χ0n) is 10.9. The minimum atomic E-state index is -1.06. The minimum Gasteiger partial charge on any atom is -0.480 e. The number of carbonyl (C=O) groups is 2. The van der Waals surface area contributed by atoms with Crippen molar-refractivity contribution in [2.24, 2.45) is 5.92 Å². The zero-order chi connectivity index (χ0) is 13.5. The Kier molecular flexibility index (Phi) is 5.91. The molecule has 1 aliphatic rings. The number of ether oxygens (including phenoxy) is 2. The molecule has 1 unspecified atom stereocenters. The molecule has 0 aliphatic carbocycles. The van der Waals surface area contributed by atoms with Crippen molar-refractivity contribution in [3.63, 3.8) is 0 Å². The number of nitrogens with zero attached hydrogens (tertiary/aromatic N) is 1. The van der Waals surface area contributed by atoms with Crippen LogP contribution in [-0.4, -0.2) is 48.1 Å². The van der Waals surface area contributed by atoms with Crippen LogP contribution in [0.15, 0.2) is 0 Å². The molecule has 6 heteroatoms. The van der Waals surface area contributed by atoms with Crippen LogP contribution in [0.25, 0.3) is 0 Å². The molecule has 1 fully saturated rings. The van der Waals surface area contributed by atoms with Crippen LogP contribution in [0.2, 0.25) is 0 Å². The molecule has 0 spiro atoms. The summed E-state index contributed by atoms with van der Waals surface area (Å²) in [6.45, 7) is 4.29. The fourth-order valence-electron chi connectivity index (χ4n) is 1.72. The summed E-state index contributed by atoms with van der Waals surface area (Å²) in [6, 6.07) is 0. The lowest BCUT2D eigenvalue weighted by atomic mass is 10.2. The maximum absolute atomic E-state index is 11.8. The van der Waals surface area contributed by atoms with Crippen LogP contribution in [0.5, 0.6) is 0 Å². The first kappa shape index (κ1) is 14.8. The predicted molar refractivity (Wildman–Crippen MR) is 64.1 cm³/mol. The number of carboxylic acids is 1. The molecule has 6 nitrogen and oxygen atoms in total. The fourth-order valence-corrected chi connectivity index (χ4v) is 1.72. The molecule has 1 rings (SSSR count). The SMILES string of the molecule is CC(C)COC(=O)N(CC(=O)O)C1CCCCO1. The number of carboxylic acid groups (broad SMARTS) is 1. The van der Waals surface area contributed by atoms with E-state index >= 15 is 0 Å². The number of hydrogen-bond acceptors (Lipinski definition) is 4. The minimum absolute atomic E-state index is 0.216. The van der Waals surface area contributed by atoms with Crippen molar-refractivity contribution in [1.82, 2.24) is 4.90 Å². The zero-order valence-corrected chi connectivity index (χ0v) is 10.9. The maximum atomic E-state index is 11.8. The number of amides is 1. The van der Waals surface area contributed by atoms with E-state index in [1.54, 1.807) is 0 Å². The normalized spacial score (nSPS) is 19.6. The Labute approximate surface area is 107 Å². The van der Waals surface area contributed by atoms with Gasteiger partial charge in [-0.05, 0) is 25.2 Å². The van der Waals surface area contributed by atoms with E-state index in [0.717, 1.165) is 17.7 Å². The standard InChI is InChI=1S/C12H21NO5/c1-9(2)8-18-12(16)13(7-11(14)15)10-5-3-4-6-17-10/h9-10H,3-8H2,1-2H3,(H,14,15). The van der Waals surface area contributed by atoms with E-state index in [9.17, 15) is 9.59 Å².